The van der Waals surface area contributed by atoms with E-state index in [-0.39, 0.29) is 11.2 Å². The van der Waals surface area contributed by atoms with E-state index >= 15 is 0 Å². The van der Waals surface area contributed by atoms with Crippen LogP contribution in [0.5, 0.6) is 0 Å². The molecule has 0 unspecified atom stereocenters. The van der Waals surface area contributed by atoms with E-state index in [1.165, 1.54) is 26.0 Å². The number of piperidine rings is 1. The fourth-order valence-corrected chi connectivity index (χ4v) is 3.56. The summed E-state index contributed by atoms with van der Waals surface area (Å²) in [6, 6.07) is 4.49. The summed E-state index contributed by atoms with van der Waals surface area (Å²) in [7, 11) is 1.48. The van der Waals surface area contributed by atoms with Crippen LogP contribution in [0.4, 0.5) is 11.6 Å². The van der Waals surface area contributed by atoms with Gasteiger partial charge in [0.15, 0.2) is 0 Å². The van der Waals surface area contributed by atoms with Gasteiger partial charge in [-0.2, -0.15) is 0 Å². The molecule has 2 aliphatic rings. The van der Waals surface area contributed by atoms with Gasteiger partial charge in [-0.1, -0.05) is 0 Å². The molecule has 2 aromatic rings. The van der Waals surface area contributed by atoms with Crippen molar-refractivity contribution in [1.82, 2.24) is 19.5 Å². The van der Waals surface area contributed by atoms with Crippen LogP contribution in [0.3, 0.4) is 0 Å². The van der Waals surface area contributed by atoms with Crippen LogP contribution in [0.2, 0.25) is 0 Å². The Bertz CT molecular complexity index is 818. The second-order valence-corrected chi connectivity index (χ2v) is 6.78. The van der Waals surface area contributed by atoms with Gasteiger partial charge in [-0.3, -0.25) is 14.3 Å². The van der Waals surface area contributed by atoms with Crippen molar-refractivity contribution in [1.29, 1.82) is 0 Å². The van der Waals surface area contributed by atoms with Crippen LogP contribution >= 0.6 is 0 Å². The fourth-order valence-electron chi connectivity index (χ4n) is 3.56. The number of nitrogens with one attached hydrogen (secondary N) is 1. The van der Waals surface area contributed by atoms with E-state index in [1.807, 2.05) is 6.07 Å². The molecule has 25 heavy (non-hydrogen) atoms. The van der Waals surface area contributed by atoms with Gasteiger partial charge in [0.2, 0.25) is 0 Å². The van der Waals surface area contributed by atoms with Crippen molar-refractivity contribution in [2.45, 2.75) is 37.8 Å². The molecule has 8 heteroatoms. The molecule has 1 N–H and O–H groups in total. The summed E-state index contributed by atoms with van der Waals surface area (Å²) < 4.78 is 1.08. The lowest BCUT2D eigenvalue weighted by Crippen LogP contribution is -2.47. The first kappa shape index (κ1) is 15.9. The van der Waals surface area contributed by atoms with Crippen LogP contribution in [-0.2, 0) is 7.05 Å². The van der Waals surface area contributed by atoms with E-state index in [0.29, 0.717) is 17.9 Å². The summed E-state index contributed by atoms with van der Waals surface area (Å²) in [6.07, 6.45) is 7.76. The van der Waals surface area contributed by atoms with Crippen molar-refractivity contribution in [2.24, 2.45) is 7.05 Å². The minimum absolute atomic E-state index is 0.276. The van der Waals surface area contributed by atoms with Gasteiger partial charge in [-0.25, -0.2) is 14.8 Å². The zero-order valence-corrected chi connectivity index (χ0v) is 14.3. The number of hydrogen-bond acceptors (Lipinski definition) is 6. The molecule has 8 nitrogen and oxygen atoms in total. The Hall–Kier alpha value is -2.64. The van der Waals surface area contributed by atoms with E-state index in [9.17, 15) is 9.59 Å². The van der Waals surface area contributed by atoms with Gasteiger partial charge >= 0.3 is 5.69 Å². The van der Waals surface area contributed by atoms with Crippen molar-refractivity contribution in [3.05, 3.63) is 45.5 Å². The van der Waals surface area contributed by atoms with E-state index < -0.39 is 0 Å². The molecule has 1 aliphatic carbocycles. The predicted molar refractivity (Wildman–Crippen MR) is 95.1 cm³/mol. The average molecular weight is 342 g/mol. The molecule has 1 saturated heterocycles. The number of rotatable bonds is 4. The van der Waals surface area contributed by atoms with Gasteiger partial charge in [-0.15, -0.1) is 0 Å². The third-order valence-electron chi connectivity index (χ3n) is 5.10. The van der Waals surface area contributed by atoms with E-state index in [2.05, 4.69) is 24.8 Å². The summed E-state index contributed by atoms with van der Waals surface area (Å²) >= 11 is 0. The monoisotopic (exact) mass is 342 g/mol. The third kappa shape index (κ3) is 3.16. The van der Waals surface area contributed by atoms with Crippen LogP contribution < -0.4 is 21.0 Å². The second kappa shape index (κ2) is 6.34. The van der Waals surface area contributed by atoms with E-state index in [1.54, 1.807) is 12.5 Å². The number of anilines is 2. The topological polar surface area (TPSA) is 87.1 Å². The van der Waals surface area contributed by atoms with Crippen LogP contribution in [0.1, 0.15) is 25.7 Å². The van der Waals surface area contributed by atoms with Crippen molar-refractivity contribution in [2.75, 3.05) is 22.9 Å². The Morgan fingerprint density at radius 3 is 2.48 bits per heavy atom. The maximum atomic E-state index is 11.9. The fraction of sp³-hybridized carbons (Fsp3) is 0.529. The Morgan fingerprint density at radius 1 is 1.16 bits per heavy atom. The SMILES string of the molecule is Cn1c(=O)cc(N2CCC(N(c3ccncn3)C3CC3)CC2)[nH]c1=O. The van der Waals surface area contributed by atoms with E-state index in [4.69, 9.17) is 0 Å². The molecule has 0 aromatic carbocycles. The highest BCUT2D eigenvalue weighted by atomic mass is 16.2. The van der Waals surface area contributed by atoms with Crippen molar-refractivity contribution < 1.29 is 0 Å². The zero-order chi connectivity index (χ0) is 17.4. The molecule has 0 bridgehead atoms. The van der Waals surface area contributed by atoms with Gasteiger partial charge in [0, 0.05) is 44.5 Å². The minimum Gasteiger partial charge on any atom is -0.358 e. The number of hydrogen-bond donors (Lipinski definition) is 1. The molecule has 1 aliphatic heterocycles. The Morgan fingerprint density at radius 2 is 1.88 bits per heavy atom. The quantitative estimate of drug-likeness (QED) is 0.871. The Balaban J connectivity index is 1.49. The molecule has 2 fully saturated rings. The normalized spacial score (nSPS) is 18.4. The number of nitrogens with zero attached hydrogens (tertiary/aromatic N) is 5. The van der Waals surface area contributed by atoms with Gasteiger partial charge < -0.3 is 9.80 Å². The van der Waals surface area contributed by atoms with Gasteiger partial charge in [0.05, 0.1) is 0 Å². The molecule has 0 radical (unpaired) electrons. The molecule has 0 spiro atoms. The van der Waals surface area contributed by atoms with Crippen LogP contribution in [0, 0.1) is 0 Å². The summed E-state index contributed by atoms with van der Waals surface area (Å²) in [5.41, 5.74) is -0.647. The average Bonchev–Trinajstić information content (AvgIpc) is 3.46. The third-order valence-corrected chi connectivity index (χ3v) is 5.10. The summed E-state index contributed by atoms with van der Waals surface area (Å²) in [6.45, 7) is 1.62. The predicted octanol–water partition coefficient (Wildman–Crippen LogP) is 0.501. The molecule has 0 atom stereocenters. The van der Waals surface area contributed by atoms with Crippen molar-refractivity contribution in [3.8, 4) is 0 Å². The van der Waals surface area contributed by atoms with Crippen molar-refractivity contribution >= 4 is 11.6 Å². The highest BCUT2D eigenvalue weighted by molar-refractivity contribution is 5.43. The lowest BCUT2D eigenvalue weighted by Gasteiger charge is -2.40. The van der Waals surface area contributed by atoms with Gasteiger partial charge in [0.25, 0.3) is 5.56 Å². The molecular formula is C17H22N6O2. The highest BCUT2D eigenvalue weighted by Crippen LogP contribution is 2.35. The largest absolute Gasteiger partial charge is 0.358 e. The Labute approximate surface area is 145 Å². The maximum Gasteiger partial charge on any atom is 0.329 e. The molecule has 3 heterocycles. The standard InChI is InChI=1S/C17H22N6O2/c1-21-16(24)10-15(20-17(21)25)22-8-5-13(6-9-22)23(12-2-3-12)14-4-7-18-11-19-14/h4,7,10-13H,2-3,5-6,8-9H2,1H3,(H,20,25). The lowest BCUT2D eigenvalue weighted by atomic mass is 10.0. The minimum atomic E-state index is -0.370. The maximum absolute atomic E-state index is 11.9. The first-order valence-corrected chi connectivity index (χ1v) is 8.73. The molecular weight excluding hydrogens is 320 g/mol. The lowest BCUT2D eigenvalue weighted by molar-refractivity contribution is 0.456. The molecule has 132 valence electrons. The zero-order valence-electron chi connectivity index (χ0n) is 14.3. The summed E-state index contributed by atoms with van der Waals surface area (Å²) in [4.78, 5) is 39.4. The molecule has 4 rings (SSSR count). The highest BCUT2D eigenvalue weighted by Gasteiger charge is 2.36. The first-order valence-electron chi connectivity index (χ1n) is 8.73. The van der Waals surface area contributed by atoms with Crippen LogP contribution in [0.15, 0.2) is 34.2 Å². The van der Waals surface area contributed by atoms with Crippen molar-refractivity contribution in [3.63, 3.8) is 0 Å². The van der Waals surface area contributed by atoms with Gasteiger partial charge in [-0.05, 0) is 31.7 Å². The van der Waals surface area contributed by atoms with Gasteiger partial charge in [0.1, 0.15) is 18.0 Å². The van der Waals surface area contributed by atoms with E-state index in [0.717, 1.165) is 36.3 Å². The molecule has 2 aromatic heterocycles. The number of aromatic amines is 1. The molecule has 1 saturated carbocycles. The van der Waals surface area contributed by atoms with Crippen LogP contribution in [0.25, 0.3) is 0 Å². The number of aromatic nitrogens is 4. The molecule has 0 amide bonds. The smallest absolute Gasteiger partial charge is 0.329 e. The summed E-state index contributed by atoms with van der Waals surface area (Å²) in [5.74, 6) is 1.62. The second-order valence-electron chi connectivity index (χ2n) is 6.78. The first-order chi connectivity index (χ1) is 12.1. The Kier molecular flexibility index (Phi) is 4.03. The summed E-state index contributed by atoms with van der Waals surface area (Å²) in [5, 5.41) is 0. The van der Waals surface area contributed by atoms with Crippen LogP contribution in [-0.4, -0.2) is 44.7 Å². The number of H-pyrrole nitrogens is 1.